The van der Waals surface area contributed by atoms with Gasteiger partial charge in [0.1, 0.15) is 11.6 Å². The summed E-state index contributed by atoms with van der Waals surface area (Å²) in [4.78, 5) is 11.5. The molecule has 0 aliphatic rings. The predicted molar refractivity (Wildman–Crippen MR) is 79.7 cm³/mol. The third kappa shape index (κ3) is 7.09. The first-order valence-corrected chi connectivity index (χ1v) is 7.03. The minimum Gasteiger partial charge on any atom is -0.482 e. The third-order valence-electron chi connectivity index (χ3n) is 2.54. The summed E-state index contributed by atoms with van der Waals surface area (Å²) in [7, 11) is 0. The van der Waals surface area contributed by atoms with Crippen LogP contribution in [0.2, 0.25) is 0 Å². The molecule has 0 amide bonds. The van der Waals surface area contributed by atoms with Crippen molar-refractivity contribution in [3.63, 3.8) is 0 Å². The van der Waals surface area contributed by atoms with Gasteiger partial charge in [-0.2, -0.15) is 0 Å². The third-order valence-corrected chi connectivity index (χ3v) is 2.54. The summed E-state index contributed by atoms with van der Waals surface area (Å²) < 4.78 is 23.8. The number of carbonyl (C=O) groups is 1. The first kappa shape index (κ1) is 17.4. The fourth-order valence-electron chi connectivity index (χ4n) is 1.62. The van der Waals surface area contributed by atoms with E-state index < -0.39 is 5.97 Å². The molecular formula is C16H24FNO3. The molecule has 0 aliphatic carbocycles. The van der Waals surface area contributed by atoms with E-state index in [-0.39, 0.29) is 24.1 Å². The van der Waals surface area contributed by atoms with Crippen molar-refractivity contribution in [2.45, 2.75) is 52.8 Å². The molecule has 0 atom stereocenters. The molecule has 0 radical (unpaired) electrons. The second kappa shape index (κ2) is 7.41. The average molecular weight is 297 g/mol. The van der Waals surface area contributed by atoms with Gasteiger partial charge in [-0.1, -0.05) is 0 Å². The van der Waals surface area contributed by atoms with Crippen LogP contribution < -0.4 is 10.1 Å². The van der Waals surface area contributed by atoms with Gasteiger partial charge in [0.25, 0.3) is 0 Å². The van der Waals surface area contributed by atoms with E-state index in [4.69, 9.17) is 9.47 Å². The van der Waals surface area contributed by atoms with Crippen LogP contribution in [-0.4, -0.2) is 24.2 Å². The van der Waals surface area contributed by atoms with Gasteiger partial charge in [-0.3, -0.25) is 0 Å². The number of rotatable bonds is 6. The van der Waals surface area contributed by atoms with Crippen molar-refractivity contribution in [2.24, 2.45) is 0 Å². The highest BCUT2D eigenvalue weighted by Crippen LogP contribution is 2.20. The maximum Gasteiger partial charge on any atom is 0.344 e. The lowest BCUT2D eigenvalue weighted by atomic mass is 10.1. The summed E-state index contributed by atoms with van der Waals surface area (Å²) in [5.74, 6) is -0.296. The summed E-state index contributed by atoms with van der Waals surface area (Å²) in [5, 5.41) is 3.26. The Morgan fingerprint density at radius 1 is 1.33 bits per heavy atom. The second-order valence-corrected chi connectivity index (χ2v) is 6.18. The topological polar surface area (TPSA) is 47.6 Å². The Morgan fingerprint density at radius 3 is 2.57 bits per heavy atom. The number of hydrogen-bond acceptors (Lipinski definition) is 4. The van der Waals surface area contributed by atoms with Crippen molar-refractivity contribution in [2.75, 3.05) is 6.61 Å². The molecular weight excluding hydrogens is 273 g/mol. The Balaban J connectivity index is 2.70. The van der Waals surface area contributed by atoms with E-state index in [1.807, 2.05) is 20.8 Å². The SMILES string of the molecule is CC(C)OC(=O)COc1ccc(F)cc1CNC(C)(C)C. The van der Waals surface area contributed by atoms with Crippen LogP contribution in [0, 0.1) is 5.82 Å². The van der Waals surface area contributed by atoms with Gasteiger partial charge < -0.3 is 14.8 Å². The molecule has 5 heteroatoms. The first-order chi connectivity index (χ1) is 9.67. The summed E-state index contributed by atoms with van der Waals surface area (Å²) in [6, 6.07) is 4.24. The van der Waals surface area contributed by atoms with Crippen LogP contribution in [0.3, 0.4) is 0 Å². The van der Waals surface area contributed by atoms with E-state index in [1.165, 1.54) is 18.2 Å². The summed E-state index contributed by atoms with van der Waals surface area (Å²) in [6.07, 6.45) is -0.184. The molecule has 0 spiro atoms. The zero-order chi connectivity index (χ0) is 16.0. The van der Waals surface area contributed by atoms with Crippen molar-refractivity contribution in [3.8, 4) is 5.75 Å². The zero-order valence-corrected chi connectivity index (χ0v) is 13.3. The lowest BCUT2D eigenvalue weighted by Crippen LogP contribution is -2.35. The Morgan fingerprint density at radius 2 is 2.00 bits per heavy atom. The van der Waals surface area contributed by atoms with Gasteiger partial charge >= 0.3 is 5.97 Å². The van der Waals surface area contributed by atoms with E-state index in [9.17, 15) is 9.18 Å². The maximum atomic E-state index is 13.4. The Kier molecular flexibility index (Phi) is 6.15. The molecule has 1 N–H and O–H groups in total. The average Bonchev–Trinajstić information content (AvgIpc) is 2.33. The number of halogens is 1. The fraction of sp³-hybridized carbons (Fsp3) is 0.562. The van der Waals surface area contributed by atoms with E-state index in [1.54, 1.807) is 13.8 Å². The normalized spacial score (nSPS) is 11.6. The monoisotopic (exact) mass is 297 g/mol. The van der Waals surface area contributed by atoms with Crippen molar-refractivity contribution >= 4 is 5.97 Å². The van der Waals surface area contributed by atoms with E-state index in [2.05, 4.69) is 5.32 Å². The minimum absolute atomic E-state index is 0.0971. The second-order valence-electron chi connectivity index (χ2n) is 6.18. The van der Waals surface area contributed by atoms with Crippen LogP contribution in [-0.2, 0) is 16.1 Å². The van der Waals surface area contributed by atoms with Gasteiger partial charge in [0.05, 0.1) is 6.10 Å². The van der Waals surface area contributed by atoms with Crippen LogP contribution in [0.4, 0.5) is 4.39 Å². The lowest BCUT2D eigenvalue weighted by molar-refractivity contribution is -0.149. The number of nitrogens with one attached hydrogen (secondary N) is 1. The molecule has 0 bridgehead atoms. The number of benzene rings is 1. The molecule has 4 nitrogen and oxygen atoms in total. The van der Waals surface area contributed by atoms with Crippen molar-refractivity contribution < 1.29 is 18.7 Å². The van der Waals surface area contributed by atoms with Crippen LogP contribution in [0.5, 0.6) is 5.75 Å². The number of carbonyl (C=O) groups excluding carboxylic acids is 1. The number of hydrogen-bond donors (Lipinski definition) is 1. The Bertz CT molecular complexity index is 481. The van der Waals surface area contributed by atoms with Crippen molar-refractivity contribution in [1.29, 1.82) is 0 Å². The molecule has 1 aromatic rings. The molecule has 1 rings (SSSR count). The van der Waals surface area contributed by atoms with Crippen LogP contribution in [0.15, 0.2) is 18.2 Å². The predicted octanol–water partition coefficient (Wildman–Crippen LogP) is 3.04. The lowest BCUT2D eigenvalue weighted by Gasteiger charge is -2.21. The molecule has 0 aliphatic heterocycles. The van der Waals surface area contributed by atoms with E-state index in [0.29, 0.717) is 17.9 Å². The fourth-order valence-corrected chi connectivity index (χ4v) is 1.62. The minimum atomic E-state index is -0.441. The highest BCUT2D eigenvalue weighted by atomic mass is 19.1. The molecule has 0 unspecified atom stereocenters. The van der Waals surface area contributed by atoms with Crippen LogP contribution in [0.1, 0.15) is 40.2 Å². The smallest absolute Gasteiger partial charge is 0.344 e. The van der Waals surface area contributed by atoms with Crippen LogP contribution >= 0.6 is 0 Å². The zero-order valence-electron chi connectivity index (χ0n) is 13.3. The van der Waals surface area contributed by atoms with Crippen molar-refractivity contribution in [1.82, 2.24) is 5.32 Å². The highest BCUT2D eigenvalue weighted by Gasteiger charge is 2.13. The van der Waals surface area contributed by atoms with Gasteiger partial charge in [0, 0.05) is 17.6 Å². The Labute approximate surface area is 125 Å². The first-order valence-electron chi connectivity index (χ1n) is 7.03. The molecule has 0 saturated heterocycles. The molecule has 21 heavy (non-hydrogen) atoms. The quantitative estimate of drug-likeness (QED) is 0.820. The summed E-state index contributed by atoms with van der Waals surface area (Å²) in [5.41, 5.74) is 0.572. The molecule has 0 aromatic heterocycles. The number of esters is 1. The molecule has 0 fully saturated rings. The molecule has 118 valence electrons. The Hall–Kier alpha value is -1.62. The van der Waals surface area contributed by atoms with E-state index in [0.717, 1.165) is 0 Å². The molecule has 1 aromatic carbocycles. The summed E-state index contributed by atoms with van der Waals surface area (Å²) in [6.45, 7) is 9.87. The largest absolute Gasteiger partial charge is 0.482 e. The van der Waals surface area contributed by atoms with Gasteiger partial charge in [-0.25, -0.2) is 9.18 Å². The van der Waals surface area contributed by atoms with Crippen molar-refractivity contribution in [3.05, 3.63) is 29.6 Å². The van der Waals surface area contributed by atoms with Gasteiger partial charge in [0.15, 0.2) is 6.61 Å². The van der Waals surface area contributed by atoms with Crippen LogP contribution in [0.25, 0.3) is 0 Å². The molecule has 0 saturated carbocycles. The maximum absolute atomic E-state index is 13.4. The van der Waals surface area contributed by atoms with E-state index >= 15 is 0 Å². The summed E-state index contributed by atoms with van der Waals surface area (Å²) >= 11 is 0. The van der Waals surface area contributed by atoms with Gasteiger partial charge in [0.2, 0.25) is 0 Å². The van der Waals surface area contributed by atoms with Gasteiger partial charge in [-0.05, 0) is 52.8 Å². The van der Waals surface area contributed by atoms with Gasteiger partial charge in [-0.15, -0.1) is 0 Å². The number of ether oxygens (including phenoxy) is 2. The highest BCUT2D eigenvalue weighted by molar-refractivity contribution is 5.71. The molecule has 0 heterocycles. The standard InChI is InChI=1S/C16H24FNO3/c1-11(2)21-15(19)10-20-14-7-6-13(17)8-12(14)9-18-16(3,4)5/h6-8,11,18H,9-10H2,1-5H3.